The van der Waals surface area contributed by atoms with Gasteiger partial charge in [0.2, 0.25) is 0 Å². The van der Waals surface area contributed by atoms with E-state index in [0.717, 1.165) is 18.4 Å². The fourth-order valence-corrected chi connectivity index (χ4v) is 1.68. The molecule has 2 heteroatoms. The molecule has 1 aliphatic rings. The second-order valence-electron chi connectivity index (χ2n) is 3.60. The minimum atomic E-state index is -0.161. The Morgan fingerprint density at radius 2 is 2.21 bits per heavy atom. The van der Waals surface area contributed by atoms with E-state index in [9.17, 15) is 4.79 Å². The van der Waals surface area contributed by atoms with Crippen LogP contribution in [0.2, 0.25) is 0 Å². The standard InChI is InChI=1S/C12H18O2/c1-4-6-7-8-11-9(3)14-12(13)10(11)5-2/h5,7-9,11H,4,6H2,1-3H3/b8-7+,10-5+/t9-,11-/m1/s1. The summed E-state index contributed by atoms with van der Waals surface area (Å²) < 4.78 is 5.15. The number of cyclic esters (lactones) is 1. The van der Waals surface area contributed by atoms with Crippen molar-refractivity contribution in [3.63, 3.8) is 0 Å². The van der Waals surface area contributed by atoms with E-state index in [1.54, 1.807) is 0 Å². The van der Waals surface area contributed by atoms with Crippen molar-refractivity contribution < 1.29 is 9.53 Å². The lowest BCUT2D eigenvalue weighted by Crippen LogP contribution is -2.09. The largest absolute Gasteiger partial charge is 0.458 e. The van der Waals surface area contributed by atoms with Crippen LogP contribution < -0.4 is 0 Å². The Morgan fingerprint density at radius 1 is 1.50 bits per heavy atom. The Kier molecular flexibility index (Phi) is 3.93. The lowest BCUT2D eigenvalue weighted by molar-refractivity contribution is -0.138. The van der Waals surface area contributed by atoms with Gasteiger partial charge in [-0.05, 0) is 20.3 Å². The Morgan fingerprint density at radius 3 is 2.79 bits per heavy atom. The molecule has 1 saturated heterocycles. The topological polar surface area (TPSA) is 26.3 Å². The average Bonchev–Trinajstić information content (AvgIpc) is 2.42. The summed E-state index contributed by atoms with van der Waals surface area (Å²) >= 11 is 0. The van der Waals surface area contributed by atoms with Crippen LogP contribution in [0.3, 0.4) is 0 Å². The zero-order valence-electron chi connectivity index (χ0n) is 9.12. The summed E-state index contributed by atoms with van der Waals surface area (Å²) in [5.74, 6) is -0.00908. The van der Waals surface area contributed by atoms with Gasteiger partial charge in [0.1, 0.15) is 6.10 Å². The van der Waals surface area contributed by atoms with Crippen LogP contribution in [0.4, 0.5) is 0 Å². The van der Waals surface area contributed by atoms with E-state index in [4.69, 9.17) is 4.74 Å². The molecule has 0 aliphatic carbocycles. The van der Waals surface area contributed by atoms with Crippen molar-refractivity contribution in [3.05, 3.63) is 23.8 Å². The van der Waals surface area contributed by atoms with E-state index in [1.165, 1.54) is 0 Å². The number of carbonyl (C=O) groups excluding carboxylic acids is 1. The molecule has 0 aromatic carbocycles. The quantitative estimate of drug-likeness (QED) is 0.392. The van der Waals surface area contributed by atoms with E-state index in [0.29, 0.717) is 0 Å². The van der Waals surface area contributed by atoms with Crippen molar-refractivity contribution in [2.24, 2.45) is 5.92 Å². The number of ether oxygens (including phenoxy) is 1. The number of hydrogen-bond donors (Lipinski definition) is 0. The maximum atomic E-state index is 11.3. The Hall–Kier alpha value is -1.05. The monoisotopic (exact) mass is 194 g/mol. The normalized spacial score (nSPS) is 30.2. The molecule has 0 N–H and O–H groups in total. The first-order chi connectivity index (χ1) is 6.70. The number of rotatable bonds is 3. The van der Waals surface area contributed by atoms with E-state index in [2.05, 4.69) is 19.1 Å². The zero-order chi connectivity index (χ0) is 10.6. The highest BCUT2D eigenvalue weighted by Gasteiger charge is 2.34. The molecular weight excluding hydrogens is 176 g/mol. The number of carbonyl (C=O) groups is 1. The minimum Gasteiger partial charge on any atom is -0.458 e. The molecule has 1 heterocycles. The Bertz CT molecular complexity index is 263. The highest BCUT2D eigenvalue weighted by Crippen LogP contribution is 2.28. The minimum absolute atomic E-state index is 0.0122. The Balaban J connectivity index is 2.71. The predicted octanol–water partition coefficient (Wildman–Crippen LogP) is 2.85. The number of hydrogen-bond acceptors (Lipinski definition) is 2. The molecule has 1 fully saturated rings. The van der Waals surface area contributed by atoms with Crippen LogP contribution >= 0.6 is 0 Å². The van der Waals surface area contributed by atoms with E-state index >= 15 is 0 Å². The third-order valence-corrected chi connectivity index (χ3v) is 2.50. The number of allylic oxidation sites excluding steroid dienone is 2. The molecule has 0 spiro atoms. The molecular formula is C12H18O2. The predicted molar refractivity (Wildman–Crippen MR) is 56.8 cm³/mol. The average molecular weight is 194 g/mol. The first-order valence-electron chi connectivity index (χ1n) is 5.24. The third-order valence-electron chi connectivity index (χ3n) is 2.50. The highest BCUT2D eigenvalue weighted by atomic mass is 16.5. The summed E-state index contributed by atoms with van der Waals surface area (Å²) in [6.45, 7) is 5.96. The third kappa shape index (κ3) is 2.25. The van der Waals surface area contributed by atoms with Crippen LogP contribution in [-0.4, -0.2) is 12.1 Å². The summed E-state index contributed by atoms with van der Waals surface area (Å²) in [5.41, 5.74) is 0.796. The van der Waals surface area contributed by atoms with Gasteiger partial charge in [0.25, 0.3) is 0 Å². The fourth-order valence-electron chi connectivity index (χ4n) is 1.68. The molecule has 2 atom stereocenters. The van der Waals surface area contributed by atoms with Crippen LogP contribution in [0, 0.1) is 5.92 Å². The van der Waals surface area contributed by atoms with Crippen molar-refractivity contribution in [2.45, 2.75) is 39.7 Å². The first-order valence-corrected chi connectivity index (χ1v) is 5.24. The van der Waals surface area contributed by atoms with Crippen molar-refractivity contribution in [1.82, 2.24) is 0 Å². The highest BCUT2D eigenvalue weighted by molar-refractivity contribution is 5.91. The van der Waals surface area contributed by atoms with E-state index < -0.39 is 0 Å². The van der Waals surface area contributed by atoms with Crippen LogP contribution in [0.15, 0.2) is 23.8 Å². The molecule has 1 rings (SSSR count). The maximum Gasteiger partial charge on any atom is 0.334 e. The molecule has 0 bridgehead atoms. The molecule has 0 aromatic rings. The van der Waals surface area contributed by atoms with Gasteiger partial charge < -0.3 is 4.74 Å². The lowest BCUT2D eigenvalue weighted by atomic mass is 9.96. The van der Waals surface area contributed by atoms with Gasteiger partial charge in [-0.3, -0.25) is 0 Å². The molecule has 0 unspecified atom stereocenters. The molecule has 78 valence electrons. The van der Waals surface area contributed by atoms with Crippen LogP contribution in [-0.2, 0) is 9.53 Å². The molecule has 0 amide bonds. The Labute approximate surface area is 85.6 Å². The lowest BCUT2D eigenvalue weighted by Gasteiger charge is -2.07. The number of unbranched alkanes of at least 4 members (excludes halogenated alkanes) is 1. The number of esters is 1. The summed E-state index contributed by atoms with van der Waals surface area (Å²) in [4.78, 5) is 11.3. The van der Waals surface area contributed by atoms with Crippen LogP contribution in [0.1, 0.15) is 33.6 Å². The molecule has 0 radical (unpaired) electrons. The van der Waals surface area contributed by atoms with Gasteiger partial charge in [-0.2, -0.15) is 0 Å². The SMILES string of the molecule is C/C=C1/C(=O)O[C@H](C)[C@H]1/C=C/CCC. The van der Waals surface area contributed by atoms with Crippen molar-refractivity contribution in [1.29, 1.82) is 0 Å². The molecule has 1 aliphatic heterocycles. The summed E-state index contributed by atoms with van der Waals surface area (Å²) in [7, 11) is 0. The van der Waals surface area contributed by atoms with Gasteiger partial charge in [0.15, 0.2) is 0 Å². The van der Waals surface area contributed by atoms with Gasteiger partial charge in [-0.15, -0.1) is 0 Å². The van der Waals surface area contributed by atoms with Gasteiger partial charge in [0.05, 0.1) is 0 Å². The zero-order valence-corrected chi connectivity index (χ0v) is 9.12. The van der Waals surface area contributed by atoms with Gasteiger partial charge in [-0.25, -0.2) is 4.79 Å². The second-order valence-corrected chi connectivity index (χ2v) is 3.60. The van der Waals surface area contributed by atoms with Crippen LogP contribution in [0.5, 0.6) is 0 Å². The first kappa shape index (κ1) is 11.0. The van der Waals surface area contributed by atoms with Crippen molar-refractivity contribution in [2.75, 3.05) is 0 Å². The van der Waals surface area contributed by atoms with E-state index in [1.807, 2.05) is 19.9 Å². The smallest absolute Gasteiger partial charge is 0.334 e. The van der Waals surface area contributed by atoms with Crippen LogP contribution in [0.25, 0.3) is 0 Å². The van der Waals surface area contributed by atoms with Gasteiger partial charge in [0, 0.05) is 11.5 Å². The second kappa shape index (κ2) is 4.99. The van der Waals surface area contributed by atoms with Crippen molar-refractivity contribution >= 4 is 5.97 Å². The maximum absolute atomic E-state index is 11.3. The summed E-state index contributed by atoms with van der Waals surface area (Å²) in [6.07, 6.45) is 8.27. The molecule has 14 heavy (non-hydrogen) atoms. The summed E-state index contributed by atoms with van der Waals surface area (Å²) in [6, 6.07) is 0. The fraction of sp³-hybridized carbons (Fsp3) is 0.583. The summed E-state index contributed by atoms with van der Waals surface area (Å²) in [5, 5.41) is 0. The van der Waals surface area contributed by atoms with Crippen molar-refractivity contribution in [3.8, 4) is 0 Å². The molecule has 0 saturated carbocycles. The molecule has 0 aromatic heterocycles. The van der Waals surface area contributed by atoms with Gasteiger partial charge >= 0.3 is 5.97 Å². The van der Waals surface area contributed by atoms with E-state index in [-0.39, 0.29) is 18.0 Å². The van der Waals surface area contributed by atoms with Gasteiger partial charge in [-0.1, -0.05) is 31.6 Å². The molecule has 2 nitrogen and oxygen atoms in total.